The van der Waals surface area contributed by atoms with Crippen LogP contribution in [-0.4, -0.2) is 107 Å². The number of aromatic nitrogens is 4. The van der Waals surface area contributed by atoms with E-state index >= 15 is 0 Å². The third kappa shape index (κ3) is 7.35. The zero-order chi connectivity index (χ0) is 36.9. The number of aromatic amines is 2. The lowest BCUT2D eigenvalue weighted by Gasteiger charge is -2.41. The molecule has 12 heteroatoms. The van der Waals surface area contributed by atoms with Crippen LogP contribution in [0.3, 0.4) is 0 Å². The van der Waals surface area contributed by atoms with Gasteiger partial charge in [-0.3, -0.25) is 29.7 Å². The lowest BCUT2D eigenvalue weighted by atomic mass is 9.76. The Morgan fingerprint density at radius 1 is 1.00 bits per heavy atom. The Labute approximate surface area is 311 Å². The summed E-state index contributed by atoms with van der Waals surface area (Å²) in [5.41, 5.74) is 7.69. The third-order valence-electron chi connectivity index (χ3n) is 12.4. The number of hydrogen-bond acceptors (Lipinski definition) is 8. The highest BCUT2D eigenvalue weighted by Gasteiger charge is 2.32. The van der Waals surface area contributed by atoms with Gasteiger partial charge in [0, 0.05) is 93.3 Å². The monoisotopic (exact) mass is 719 g/mol. The Hall–Kier alpha value is -4.55. The smallest absolute Gasteiger partial charge is 0.243 e. The molecule has 0 saturated carbocycles. The number of rotatable bonds is 8. The van der Waals surface area contributed by atoms with E-state index in [-0.39, 0.29) is 29.7 Å². The molecule has 8 rings (SSSR count). The van der Waals surface area contributed by atoms with E-state index in [0.717, 1.165) is 117 Å². The van der Waals surface area contributed by atoms with Crippen molar-refractivity contribution in [1.29, 1.82) is 0 Å². The largest absolute Gasteiger partial charge is 0.357 e. The van der Waals surface area contributed by atoms with Gasteiger partial charge in [-0.25, -0.2) is 4.98 Å². The maximum atomic E-state index is 13.8. The highest BCUT2D eigenvalue weighted by Crippen LogP contribution is 2.38. The van der Waals surface area contributed by atoms with Crippen LogP contribution in [0.5, 0.6) is 0 Å². The minimum Gasteiger partial charge on any atom is -0.357 e. The van der Waals surface area contributed by atoms with Crippen molar-refractivity contribution in [3.8, 4) is 11.4 Å². The quantitative estimate of drug-likeness (QED) is 0.220. The minimum atomic E-state index is -0.302. The van der Waals surface area contributed by atoms with Crippen molar-refractivity contribution < 1.29 is 14.4 Å². The van der Waals surface area contributed by atoms with Gasteiger partial charge in [0.25, 0.3) is 0 Å². The van der Waals surface area contributed by atoms with Crippen molar-refractivity contribution in [2.45, 2.75) is 77.7 Å². The van der Waals surface area contributed by atoms with Crippen LogP contribution >= 0.6 is 0 Å². The van der Waals surface area contributed by atoms with Crippen molar-refractivity contribution in [3.63, 3.8) is 0 Å². The molecule has 3 aromatic heterocycles. The molecular weight excluding hydrogens is 667 g/mol. The number of nitrogens with zero attached hydrogens (tertiary/aromatic N) is 6. The van der Waals surface area contributed by atoms with Gasteiger partial charge in [-0.15, -0.1) is 0 Å². The number of likely N-dealkylation sites (N-methyl/N-ethyl adjacent to an activating group) is 1. The Morgan fingerprint density at radius 2 is 1.79 bits per heavy atom. The maximum absolute atomic E-state index is 13.8. The van der Waals surface area contributed by atoms with Crippen molar-refractivity contribution in [2.75, 3.05) is 62.7 Å². The molecule has 1 aromatic carbocycles. The van der Waals surface area contributed by atoms with E-state index in [9.17, 15) is 14.4 Å². The van der Waals surface area contributed by atoms with Crippen LogP contribution in [0.2, 0.25) is 0 Å². The van der Waals surface area contributed by atoms with E-state index in [1.54, 1.807) is 11.1 Å². The first-order valence-electron chi connectivity index (χ1n) is 19.5. The summed E-state index contributed by atoms with van der Waals surface area (Å²) in [4.78, 5) is 54.9. The zero-order valence-corrected chi connectivity index (χ0v) is 31.6. The molecule has 12 nitrogen and oxygen atoms in total. The van der Waals surface area contributed by atoms with Crippen molar-refractivity contribution in [2.24, 2.45) is 11.3 Å². The molecule has 3 amide bonds. The molecule has 1 aliphatic carbocycles. The molecule has 0 bridgehead atoms. The number of imide groups is 1. The van der Waals surface area contributed by atoms with Crippen LogP contribution in [0.1, 0.15) is 75.6 Å². The molecule has 3 N–H and O–H groups in total. The number of pyridine rings is 1. The number of carbonyl (C=O) groups excluding carboxylic acids is 3. The molecule has 3 aliphatic heterocycles. The Balaban J connectivity index is 0.806. The van der Waals surface area contributed by atoms with Gasteiger partial charge in [0.15, 0.2) is 0 Å². The van der Waals surface area contributed by atoms with E-state index in [2.05, 4.69) is 62.1 Å². The fraction of sp³-hybridized carbons (Fsp3) is 0.537. The van der Waals surface area contributed by atoms with Crippen molar-refractivity contribution in [3.05, 3.63) is 59.4 Å². The maximum Gasteiger partial charge on any atom is 0.243 e. The zero-order valence-electron chi connectivity index (χ0n) is 31.6. The molecule has 4 aliphatic rings. The van der Waals surface area contributed by atoms with Crippen LogP contribution in [0, 0.1) is 11.3 Å². The molecule has 0 spiro atoms. The van der Waals surface area contributed by atoms with Crippen LogP contribution in [0.15, 0.2) is 42.6 Å². The number of benzene rings is 1. The highest BCUT2D eigenvalue weighted by atomic mass is 16.2. The lowest BCUT2D eigenvalue weighted by molar-refractivity contribution is -0.134. The molecule has 6 heterocycles. The topological polar surface area (TPSA) is 134 Å². The van der Waals surface area contributed by atoms with E-state index in [1.807, 2.05) is 32.2 Å². The summed E-state index contributed by atoms with van der Waals surface area (Å²) >= 11 is 0. The number of H-pyrrole nitrogens is 2. The van der Waals surface area contributed by atoms with E-state index in [4.69, 9.17) is 10.1 Å². The standard InChI is InChI=1S/C41H53N9O3/c1-26(40(53)47(4)30-7-5-28-21-34(43-33(28)22-30)38-32-11-14-41(2,3)23-35(32)45-46-38)49-19-17-48(18-20-49)25-27-12-15-50(16-13-27)36-9-6-29(24-42-36)31-8-10-37(51)44-39(31)52/h5-7,9,21-22,24,26-27,31,43H,8,10-20,23,25H2,1-4H3,(H,45,46)(H,44,51,52)/t26-,31?/m0/s1. The number of nitrogens with one attached hydrogen (secondary N) is 3. The summed E-state index contributed by atoms with van der Waals surface area (Å²) in [7, 11) is 1.89. The third-order valence-corrected chi connectivity index (χ3v) is 12.4. The number of hydrogen-bond donors (Lipinski definition) is 3. The molecule has 4 aromatic rings. The molecule has 3 fully saturated rings. The fourth-order valence-electron chi connectivity index (χ4n) is 8.93. The van der Waals surface area contributed by atoms with Crippen LogP contribution in [0.25, 0.3) is 22.3 Å². The number of piperazine rings is 1. The van der Waals surface area contributed by atoms with Crippen molar-refractivity contribution >= 4 is 40.1 Å². The fourth-order valence-corrected chi connectivity index (χ4v) is 8.93. The first-order chi connectivity index (χ1) is 25.5. The summed E-state index contributed by atoms with van der Waals surface area (Å²) in [6.45, 7) is 13.4. The predicted molar refractivity (Wildman–Crippen MR) is 207 cm³/mol. The Bertz CT molecular complexity index is 1980. The molecular formula is C41H53N9O3. The average Bonchev–Trinajstić information content (AvgIpc) is 3.77. The number of anilines is 2. The van der Waals surface area contributed by atoms with Gasteiger partial charge in [-0.05, 0) is 86.6 Å². The molecule has 0 radical (unpaired) electrons. The Kier molecular flexibility index (Phi) is 9.61. The molecule has 280 valence electrons. The summed E-state index contributed by atoms with van der Waals surface area (Å²) in [6.07, 6.45) is 8.15. The molecule has 2 atom stereocenters. The second-order valence-corrected chi connectivity index (χ2v) is 16.6. The Morgan fingerprint density at radius 3 is 2.53 bits per heavy atom. The second-order valence-electron chi connectivity index (χ2n) is 16.6. The molecule has 1 unspecified atom stereocenters. The van der Waals surface area contributed by atoms with Crippen LogP contribution < -0.4 is 15.1 Å². The minimum absolute atomic E-state index is 0.111. The van der Waals surface area contributed by atoms with Gasteiger partial charge in [0.2, 0.25) is 17.7 Å². The number of piperidine rings is 2. The summed E-state index contributed by atoms with van der Waals surface area (Å²) in [5, 5.41) is 11.6. The van der Waals surface area contributed by atoms with Gasteiger partial charge in [0.1, 0.15) is 11.5 Å². The molecule has 53 heavy (non-hydrogen) atoms. The van der Waals surface area contributed by atoms with E-state index in [1.165, 1.54) is 11.3 Å². The second kappa shape index (κ2) is 14.4. The normalized spacial score (nSPS) is 22.1. The van der Waals surface area contributed by atoms with Gasteiger partial charge < -0.3 is 19.7 Å². The van der Waals surface area contributed by atoms with E-state index < -0.39 is 0 Å². The van der Waals surface area contributed by atoms with Gasteiger partial charge in [-0.1, -0.05) is 26.0 Å². The highest BCUT2D eigenvalue weighted by molar-refractivity contribution is 6.01. The molecule has 3 saturated heterocycles. The lowest BCUT2D eigenvalue weighted by Crippen LogP contribution is -2.55. The number of carbonyl (C=O) groups is 3. The first kappa shape index (κ1) is 35.5. The average molecular weight is 720 g/mol. The van der Waals surface area contributed by atoms with Gasteiger partial charge >= 0.3 is 0 Å². The van der Waals surface area contributed by atoms with Gasteiger partial charge in [0.05, 0.1) is 17.7 Å². The summed E-state index contributed by atoms with van der Waals surface area (Å²) < 4.78 is 0. The van der Waals surface area contributed by atoms with E-state index in [0.29, 0.717) is 24.2 Å². The predicted octanol–water partition coefficient (Wildman–Crippen LogP) is 4.87. The van der Waals surface area contributed by atoms with Crippen LogP contribution in [0.4, 0.5) is 11.5 Å². The van der Waals surface area contributed by atoms with Crippen molar-refractivity contribution in [1.82, 2.24) is 35.3 Å². The number of amides is 3. The SMILES string of the molecule is C[C@@H](C(=O)N(C)c1ccc2cc(-c3n[nH]c4c3CCC(C)(C)C4)[nH]c2c1)N1CCN(CC2CCN(c3ccc(C4CCC(=O)NC4=O)cn3)CC2)CC1. The number of fused-ring (bicyclic) bond motifs is 2. The first-order valence-corrected chi connectivity index (χ1v) is 19.5. The van der Waals surface area contributed by atoms with Gasteiger partial charge in [-0.2, -0.15) is 5.10 Å². The summed E-state index contributed by atoms with van der Waals surface area (Å²) in [6, 6.07) is 12.2. The summed E-state index contributed by atoms with van der Waals surface area (Å²) in [5.74, 6) is 0.978. The van der Waals surface area contributed by atoms with Crippen LogP contribution in [-0.2, 0) is 27.2 Å².